The van der Waals surface area contributed by atoms with Crippen molar-refractivity contribution in [1.82, 2.24) is 0 Å². The van der Waals surface area contributed by atoms with Gasteiger partial charge in [-0.25, -0.2) is 0 Å². The van der Waals surface area contributed by atoms with Crippen molar-refractivity contribution < 1.29 is 0 Å². The van der Waals surface area contributed by atoms with Gasteiger partial charge in [0.05, 0.1) is 0 Å². The molecule has 0 atom stereocenters. The van der Waals surface area contributed by atoms with E-state index in [1.54, 1.807) is 6.07 Å². The molecule has 1 fully saturated rings. The third kappa shape index (κ3) is 3.57. The van der Waals surface area contributed by atoms with Gasteiger partial charge in [-0.2, -0.15) is 11.8 Å². The van der Waals surface area contributed by atoms with Gasteiger partial charge in [-0.3, -0.25) is 5.41 Å². The van der Waals surface area contributed by atoms with E-state index in [1.165, 1.54) is 0 Å². The molecule has 0 aromatic heterocycles. The second-order valence-corrected chi connectivity index (χ2v) is 7.66. The second kappa shape index (κ2) is 5.63. The molecule has 3 nitrogen and oxygen atoms in total. The smallest absolute Gasteiger partial charge is 0.124 e. The van der Waals surface area contributed by atoms with Gasteiger partial charge in [0.2, 0.25) is 0 Å². The number of hydrogen-bond acceptors (Lipinski definition) is 3. The molecular formula is C14H20ClN3S. The van der Waals surface area contributed by atoms with Crippen LogP contribution in [0.1, 0.15) is 25.8 Å². The third-order valence-electron chi connectivity index (χ3n) is 3.43. The van der Waals surface area contributed by atoms with Crippen molar-refractivity contribution >= 4 is 34.9 Å². The van der Waals surface area contributed by atoms with E-state index >= 15 is 0 Å². The zero-order chi connectivity index (χ0) is 14.0. The molecule has 0 saturated carbocycles. The van der Waals surface area contributed by atoms with Crippen molar-refractivity contribution in [3.05, 3.63) is 28.8 Å². The van der Waals surface area contributed by atoms with Crippen LogP contribution in [0.25, 0.3) is 0 Å². The monoisotopic (exact) mass is 297 g/mol. The maximum absolute atomic E-state index is 7.71. The van der Waals surface area contributed by atoms with Crippen LogP contribution >= 0.6 is 23.4 Å². The fourth-order valence-corrected chi connectivity index (χ4v) is 3.53. The van der Waals surface area contributed by atoms with Crippen molar-refractivity contribution in [2.75, 3.05) is 23.7 Å². The summed E-state index contributed by atoms with van der Waals surface area (Å²) in [5, 5.41) is 8.34. The van der Waals surface area contributed by atoms with Gasteiger partial charge in [0.25, 0.3) is 0 Å². The lowest BCUT2D eigenvalue weighted by atomic mass is 10.1. The molecule has 1 aromatic carbocycles. The number of rotatable bonds is 2. The number of benzene rings is 1. The summed E-state index contributed by atoms with van der Waals surface area (Å²) in [4.78, 5) is 2.31. The molecule has 0 aliphatic carbocycles. The van der Waals surface area contributed by atoms with Crippen molar-refractivity contribution in [3.63, 3.8) is 0 Å². The Balaban J connectivity index is 2.29. The molecule has 0 spiro atoms. The Morgan fingerprint density at radius 1 is 1.42 bits per heavy atom. The van der Waals surface area contributed by atoms with E-state index in [1.807, 2.05) is 23.9 Å². The number of nitrogens with zero attached hydrogens (tertiary/aromatic N) is 1. The van der Waals surface area contributed by atoms with Crippen LogP contribution in [0.2, 0.25) is 5.02 Å². The minimum Gasteiger partial charge on any atom is -0.384 e. The molecule has 2 rings (SSSR count). The van der Waals surface area contributed by atoms with Gasteiger partial charge < -0.3 is 10.6 Å². The molecule has 19 heavy (non-hydrogen) atoms. The largest absolute Gasteiger partial charge is 0.384 e. The number of nitrogens with one attached hydrogen (secondary N) is 1. The first kappa shape index (κ1) is 14.5. The van der Waals surface area contributed by atoms with E-state index in [-0.39, 0.29) is 5.84 Å². The van der Waals surface area contributed by atoms with Crippen molar-refractivity contribution in [3.8, 4) is 0 Å². The van der Waals surface area contributed by atoms with Crippen LogP contribution in [0.4, 0.5) is 5.69 Å². The minimum atomic E-state index is 0.0775. The fourth-order valence-electron chi connectivity index (χ4n) is 2.26. The summed E-state index contributed by atoms with van der Waals surface area (Å²) in [6.07, 6.45) is 1.12. The summed E-state index contributed by atoms with van der Waals surface area (Å²) in [7, 11) is 0. The predicted molar refractivity (Wildman–Crippen MR) is 85.8 cm³/mol. The first-order valence-electron chi connectivity index (χ1n) is 6.42. The van der Waals surface area contributed by atoms with E-state index in [4.69, 9.17) is 22.7 Å². The number of amidine groups is 1. The van der Waals surface area contributed by atoms with Gasteiger partial charge in [-0.1, -0.05) is 25.4 Å². The van der Waals surface area contributed by atoms with Crippen molar-refractivity contribution in [1.29, 1.82) is 5.41 Å². The number of thioether (sulfide) groups is 1. The molecule has 3 N–H and O–H groups in total. The van der Waals surface area contributed by atoms with Gasteiger partial charge in [-0.05, 0) is 24.6 Å². The normalized spacial score (nSPS) is 19.0. The molecular weight excluding hydrogens is 278 g/mol. The summed E-state index contributed by atoms with van der Waals surface area (Å²) >= 11 is 8.01. The van der Waals surface area contributed by atoms with E-state index in [0.717, 1.165) is 36.5 Å². The Kier molecular flexibility index (Phi) is 4.31. The van der Waals surface area contributed by atoms with Gasteiger partial charge in [0.1, 0.15) is 5.84 Å². The lowest BCUT2D eigenvalue weighted by molar-refractivity contribution is 0.637. The van der Waals surface area contributed by atoms with Crippen LogP contribution in [0.3, 0.4) is 0 Å². The maximum atomic E-state index is 7.71. The molecule has 1 aliphatic rings. The van der Waals surface area contributed by atoms with Crippen LogP contribution in [0, 0.1) is 5.41 Å². The molecule has 1 aromatic rings. The Morgan fingerprint density at radius 3 is 2.84 bits per heavy atom. The summed E-state index contributed by atoms with van der Waals surface area (Å²) in [5.41, 5.74) is 7.43. The SMILES string of the molecule is CC1(C)CCN(c2ccc(Cl)cc2C(=N)N)CCS1. The second-order valence-electron chi connectivity index (χ2n) is 5.42. The van der Waals surface area contributed by atoms with Crippen LogP contribution in [0.5, 0.6) is 0 Å². The molecule has 0 amide bonds. The van der Waals surface area contributed by atoms with Gasteiger partial charge in [0, 0.05) is 39.9 Å². The first-order chi connectivity index (χ1) is 8.89. The average molecular weight is 298 g/mol. The molecule has 104 valence electrons. The summed E-state index contributed by atoms with van der Waals surface area (Å²) < 4.78 is 0.317. The quantitative estimate of drug-likeness (QED) is 0.650. The number of hydrogen-bond donors (Lipinski definition) is 2. The highest BCUT2D eigenvalue weighted by Gasteiger charge is 2.25. The first-order valence-corrected chi connectivity index (χ1v) is 7.78. The number of halogens is 1. The lowest BCUT2D eigenvalue weighted by Crippen LogP contribution is -2.29. The van der Waals surface area contributed by atoms with Crippen molar-refractivity contribution in [2.24, 2.45) is 5.73 Å². The lowest BCUT2D eigenvalue weighted by Gasteiger charge is -2.26. The van der Waals surface area contributed by atoms with E-state index in [0.29, 0.717) is 9.77 Å². The zero-order valence-corrected chi connectivity index (χ0v) is 12.9. The highest BCUT2D eigenvalue weighted by Crippen LogP contribution is 2.33. The Labute approximate surface area is 124 Å². The molecule has 1 aliphatic heterocycles. The topological polar surface area (TPSA) is 53.1 Å². The fraction of sp³-hybridized carbons (Fsp3) is 0.500. The molecule has 0 unspecified atom stereocenters. The number of anilines is 1. The molecule has 1 saturated heterocycles. The summed E-state index contributed by atoms with van der Waals surface area (Å²) in [6, 6.07) is 5.62. The standard InChI is InChI=1S/C14H20ClN3S/c1-14(2)5-6-18(7-8-19-14)12-4-3-10(15)9-11(12)13(16)17/h3-4,9H,5-8H2,1-2H3,(H3,16,17). The average Bonchev–Trinajstić information content (AvgIpc) is 2.50. The highest BCUT2D eigenvalue weighted by atomic mass is 35.5. The van der Waals surface area contributed by atoms with Gasteiger partial charge in [-0.15, -0.1) is 0 Å². The zero-order valence-electron chi connectivity index (χ0n) is 11.4. The molecule has 0 radical (unpaired) electrons. The number of nitrogens with two attached hydrogens (primary N) is 1. The van der Waals surface area contributed by atoms with Crippen LogP contribution in [-0.4, -0.2) is 29.4 Å². The Bertz CT molecular complexity index is 488. The molecule has 5 heteroatoms. The van der Waals surface area contributed by atoms with Crippen LogP contribution in [-0.2, 0) is 0 Å². The highest BCUT2D eigenvalue weighted by molar-refractivity contribution is 8.00. The summed E-state index contributed by atoms with van der Waals surface area (Å²) in [5.74, 6) is 1.17. The Hall–Kier alpha value is -0.870. The van der Waals surface area contributed by atoms with Crippen molar-refractivity contribution in [2.45, 2.75) is 25.0 Å². The van der Waals surface area contributed by atoms with Crippen LogP contribution in [0.15, 0.2) is 18.2 Å². The Morgan fingerprint density at radius 2 is 2.16 bits per heavy atom. The van der Waals surface area contributed by atoms with E-state index < -0.39 is 0 Å². The minimum absolute atomic E-state index is 0.0775. The number of nitrogen functional groups attached to an aromatic ring is 1. The van der Waals surface area contributed by atoms with E-state index in [2.05, 4.69) is 18.7 Å². The molecule has 1 heterocycles. The van der Waals surface area contributed by atoms with Crippen LogP contribution < -0.4 is 10.6 Å². The molecule has 0 bridgehead atoms. The van der Waals surface area contributed by atoms with Gasteiger partial charge in [0.15, 0.2) is 0 Å². The predicted octanol–water partition coefficient (Wildman–Crippen LogP) is 3.35. The maximum Gasteiger partial charge on any atom is 0.124 e. The third-order valence-corrected chi connectivity index (χ3v) is 5.03. The van der Waals surface area contributed by atoms with Gasteiger partial charge >= 0.3 is 0 Å². The summed E-state index contributed by atoms with van der Waals surface area (Å²) in [6.45, 7) is 6.54. The van der Waals surface area contributed by atoms with E-state index in [9.17, 15) is 0 Å².